The summed E-state index contributed by atoms with van der Waals surface area (Å²) in [5.41, 5.74) is 0.991. The maximum Gasteiger partial charge on any atom is 0.243 e. The zero-order valence-corrected chi connectivity index (χ0v) is 16.6. The van der Waals surface area contributed by atoms with E-state index in [1.165, 1.54) is 43.4 Å². The van der Waals surface area contributed by atoms with E-state index in [0.29, 0.717) is 22.9 Å². The minimum absolute atomic E-state index is 0.0257. The van der Waals surface area contributed by atoms with Crippen LogP contribution in [-0.2, 0) is 14.4 Å². The molecule has 1 fully saturated rings. The molecule has 0 unspecified atom stereocenters. The Balaban J connectivity index is 1.53. The number of hydrogen-bond acceptors (Lipinski definition) is 5. The number of methoxy groups -OCH3 is 2. The first-order valence-corrected chi connectivity index (χ1v) is 9.26. The number of ether oxygens (including phenoxy) is 2. The second-order valence-electron chi connectivity index (χ2n) is 6.75. The molecule has 1 aliphatic heterocycles. The normalized spacial score (nSPS) is 15.6. The topological polar surface area (TPSA) is 97.0 Å². The molecule has 0 aliphatic carbocycles. The maximum absolute atomic E-state index is 13.1. The van der Waals surface area contributed by atoms with Gasteiger partial charge in [-0.3, -0.25) is 14.4 Å². The Bertz CT molecular complexity index is 926. The molecule has 8 nitrogen and oxygen atoms in total. The summed E-state index contributed by atoms with van der Waals surface area (Å²) in [5, 5.41) is 5.21. The molecule has 2 aromatic rings. The average molecular weight is 415 g/mol. The molecule has 0 saturated carbocycles. The fourth-order valence-electron chi connectivity index (χ4n) is 3.15. The Labute approximate surface area is 173 Å². The van der Waals surface area contributed by atoms with Crippen LogP contribution >= 0.6 is 0 Å². The van der Waals surface area contributed by atoms with Gasteiger partial charge >= 0.3 is 0 Å². The molecule has 1 aliphatic rings. The molecule has 0 aromatic heterocycles. The van der Waals surface area contributed by atoms with Crippen molar-refractivity contribution >= 4 is 29.1 Å². The van der Waals surface area contributed by atoms with Crippen LogP contribution < -0.4 is 25.0 Å². The highest BCUT2D eigenvalue weighted by atomic mass is 19.1. The zero-order valence-electron chi connectivity index (χ0n) is 16.6. The molecule has 2 N–H and O–H groups in total. The van der Waals surface area contributed by atoms with Crippen LogP contribution in [0.25, 0.3) is 0 Å². The van der Waals surface area contributed by atoms with Gasteiger partial charge in [-0.2, -0.15) is 0 Å². The van der Waals surface area contributed by atoms with E-state index >= 15 is 0 Å². The van der Waals surface area contributed by atoms with Crippen molar-refractivity contribution in [1.29, 1.82) is 0 Å². The third-order valence-electron chi connectivity index (χ3n) is 4.69. The molecule has 0 bridgehead atoms. The van der Waals surface area contributed by atoms with Crippen LogP contribution in [0.1, 0.15) is 6.42 Å². The van der Waals surface area contributed by atoms with Crippen LogP contribution in [0.4, 0.5) is 15.8 Å². The molecule has 9 heteroatoms. The van der Waals surface area contributed by atoms with Crippen molar-refractivity contribution in [3.63, 3.8) is 0 Å². The van der Waals surface area contributed by atoms with Crippen LogP contribution in [0.3, 0.4) is 0 Å². The van der Waals surface area contributed by atoms with Crippen LogP contribution in [0, 0.1) is 11.7 Å². The Morgan fingerprint density at radius 3 is 2.33 bits per heavy atom. The van der Waals surface area contributed by atoms with E-state index in [1.807, 2.05) is 0 Å². The summed E-state index contributed by atoms with van der Waals surface area (Å²) in [4.78, 5) is 38.3. The number of hydrogen-bond donors (Lipinski definition) is 2. The van der Waals surface area contributed by atoms with E-state index in [-0.39, 0.29) is 25.4 Å². The van der Waals surface area contributed by atoms with Gasteiger partial charge in [0.15, 0.2) is 0 Å². The summed E-state index contributed by atoms with van der Waals surface area (Å²) < 4.78 is 23.4. The quantitative estimate of drug-likeness (QED) is 0.721. The lowest BCUT2D eigenvalue weighted by Crippen LogP contribution is -2.37. The van der Waals surface area contributed by atoms with Crippen molar-refractivity contribution in [2.75, 3.05) is 37.5 Å². The number of carbonyl (C=O) groups is 3. The van der Waals surface area contributed by atoms with Crippen molar-refractivity contribution in [3.05, 3.63) is 48.3 Å². The number of anilines is 2. The number of halogens is 1. The molecule has 3 amide bonds. The first-order valence-electron chi connectivity index (χ1n) is 9.26. The van der Waals surface area contributed by atoms with Gasteiger partial charge in [-0.25, -0.2) is 4.39 Å². The number of nitrogens with zero attached hydrogens (tertiary/aromatic N) is 1. The van der Waals surface area contributed by atoms with Crippen molar-refractivity contribution in [2.45, 2.75) is 6.42 Å². The highest BCUT2D eigenvalue weighted by Gasteiger charge is 2.35. The zero-order chi connectivity index (χ0) is 21.7. The molecule has 3 rings (SSSR count). The summed E-state index contributed by atoms with van der Waals surface area (Å²) in [7, 11) is 3.00. The summed E-state index contributed by atoms with van der Waals surface area (Å²) in [6.07, 6.45) is 0.0257. The van der Waals surface area contributed by atoms with Gasteiger partial charge in [-0.05, 0) is 24.3 Å². The fourth-order valence-corrected chi connectivity index (χ4v) is 3.15. The van der Waals surface area contributed by atoms with Crippen molar-refractivity contribution in [3.8, 4) is 11.5 Å². The number of amides is 3. The molecule has 158 valence electrons. The predicted octanol–water partition coefficient (Wildman–Crippen LogP) is 1.95. The van der Waals surface area contributed by atoms with Gasteiger partial charge in [0.1, 0.15) is 17.3 Å². The first kappa shape index (κ1) is 21.1. The molecular formula is C21H22FN3O5. The highest BCUT2D eigenvalue weighted by molar-refractivity contribution is 6.01. The smallest absolute Gasteiger partial charge is 0.243 e. The van der Waals surface area contributed by atoms with Crippen molar-refractivity contribution < 1.29 is 28.2 Å². The molecule has 1 atom stereocenters. The number of nitrogens with one attached hydrogen (secondary N) is 2. The van der Waals surface area contributed by atoms with E-state index in [2.05, 4.69) is 10.6 Å². The van der Waals surface area contributed by atoms with Gasteiger partial charge in [-0.1, -0.05) is 0 Å². The van der Waals surface area contributed by atoms with E-state index in [0.717, 1.165) is 0 Å². The van der Waals surface area contributed by atoms with Crippen LogP contribution in [0.15, 0.2) is 42.5 Å². The number of carbonyl (C=O) groups excluding carboxylic acids is 3. The molecular weight excluding hydrogens is 393 g/mol. The largest absolute Gasteiger partial charge is 0.497 e. The lowest BCUT2D eigenvalue weighted by molar-refractivity contribution is -0.127. The van der Waals surface area contributed by atoms with Crippen molar-refractivity contribution in [2.24, 2.45) is 5.92 Å². The first-order chi connectivity index (χ1) is 14.4. The third-order valence-corrected chi connectivity index (χ3v) is 4.69. The SMILES string of the molecule is COc1cc(NC(=O)CNC(=O)[C@H]2CC(=O)N(c3ccc(F)cc3)C2)cc(OC)c1. The van der Waals surface area contributed by atoms with Gasteiger partial charge in [0.05, 0.1) is 26.7 Å². The van der Waals surface area contributed by atoms with Gasteiger partial charge < -0.3 is 25.0 Å². The lowest BCUT2D eigenvalue weighted by Gasteiger charge is -2.16. The second-order valence-corrected chi connectivity index (χ2v) is 6.75. The lowest BCUT2D eigenvalue weighted by atomic mass is 10.1. The van der Waals surface area contributed by atoms with E-state index in [1.54, 1.807) is 18.2 Å². The van der Waals surface area contributed by atoms with Crippen LogP contribution in [0.2, 0.25) is 0 Å². The summed E-state index contributed by atoms with van der Waals surface area (Å²) in [6, 6.07) is 10.4. The Hall–Kier alpha value is -3.62. The second kappa shape index (κ2) is 9.25. The van der Waals surface area contributed by atoms with Crippen molar-refractivity contribution in [1.82, 2.24) is 5.32 Å². The Morgan fingerprint density at radius 1 is 1.10 bits per heavy atom. The van der Waals surface area contributed by atoms with Gasteiger partial charge in [-0.15, -0.1) is 0 Å². The van der Waals surface area contributed by atoms with E-state index < -0.39 is 23.5 Å². The van der Waals surface area contributed by atoms with Crippen LogP contribution in [-0.4, -0.2) is 45.0 Å². The van der Waals surface area contributed by atoms with E-state index in [9.17, 15) is 18.8 Å². The Kier molecular flexibility index (Phi) is 6.51. The molecule has 30 heavy (non-hydrogen) atoms. The predicted molar refractivity (Wildman–Crippen MR) is 108 cm³/mol. The number of benzene rings is 2. The molecule has 0 spiro atoms. The minimum atomic E-state index is -0.590. The molecule has 1 heterocycles. The standard InChI is InChI=1S/C21H22FN3O5/c1-29-17-8-15(9-18(10-17)30-2)24-19(26)11-23-21(28)13-7-20(27)25(12-13)16-5-3-14(22)4-6-16/h3-6,8-10,13H,7,11-12H2,1-2H3,(H,23,28)(H,24,26)/t13-/m0/s1. The Morgan fingerprint density at radius 2 is 1.73 bits per heavy atom. The number of rotatable bonds is 7. The van der Waals surface area contributed by atoms with Gasteiger partial charge in [0.25, 0.3) is 0 Å². The summed E-state index contributed by atoms with van der Waals surface area (Å²) in [6.45, 7) is -0.0788. The minimum Gasteiger partial charge on any atom is -0.497 e. The maximum atomic E-state index is 13.1. The average Bonchev–Trinajstić information content (AvgIpc) is 3.14. The molecule has 1 saturated heterocycles. The molecule has 2 aromatic carbocycles. The fraction of sp³-hybridized carbons (Fsp3) is 0.286. The monoisotopic (exact) mass is 415 g/mol. The highest BCUT2D eigenvalue weighted by Crippen LogP contribution is 2.26. The third kappa shape index (κ3) is 5.05. The summed E-state index contributed by atoms with van der Waals surface area (Å²) >= 11 is 0. The summed E-state index contributed by atoms with van der Waals surface area (Å²) in [5.74, 6) is -1.02. The van der Waals surface area contributed by atoms with Crippen LogP contribution in [0.5, 0.6) is 11.5 Å². The molecule has 0 radical (unpaired) electrons. The van der Waals surface area contributed by atoms with E-state index in [4.69, 9.17) is 9.47 Å². The van der Waals surface area contributed by atoms with Gasteiger partial charge in [0.2, 0.25) is 17.7 Å². The van der Waals surface area contributed by atoms with Gasteiger partial charge in [0, 0.05) is 42.5 Å².